The number of benzene rings is 4. The van der Waals surface area contributed by atoms with Crippen molar-refractivity contribution >= 4 is 28.0 Å². The van der Waals surface area contributed by atoms with E-state index in [4.69, 9.17) is 0 Å². The largest absolute Gasteiger partial charge is 0.337 e. The molecule has 0 atom stereocenters. The minimum Gasteiger partial charge on any atom is -0.337 e. The summed E-state index contributed by atoms with van der Waals surface area (Å²) in [5.41, 5.74) is -13.1. The molecule has 1 nitrogen and oxygen atoms in total. The highest BCUT2D eigenvalue weighted by molar-refractivity contribution is 7.20. The molecule has 0 bridgehead atoms. The molecular weight excluding hydrogens is 837 g/mol. The summed E-state index contributed by atoms with van der Waals surface area (Å²) in [5, 5.41) is 2.72. The van der Waals surface area contributed by atoms with Crippen LogP contribution in [0.15, 0.2) is 0 Å². The number of rotatable bonds is 6. The fourth-order valence-electron chi connectivity index (χ4n) is 8.37. The topological polar surface area (TPSA) is 16.6 Å². The quantitative estimate of drug-likeness (QED) is 0.0876. The van der Waals surface area contributed by atoms with E-state index >= 15 is 35.1 Å². The summed E-state index contributed by atoms with van der Waals surface area (Å²) >= 11 is 0. The Morgan fingerprint density at radius 2 is 0.414 bits per heavy atom. The van der Waals surface area contributed by atoms with Gasteiger partial charge < -0.3 is 5.32 Å². The number of hydrogen-bond acceptors (Lipinski definition) is 0. The van der Waals surface area contributed by atoms with Crippen molar-refractivity contribution in [2.75, 3.05) is 0 Å². The molecule has 0 aromatic heterocycles. The van der Waals surface area contributed by atoms with Gasteiger partial charge in [0.1, 0.15) is 52.7 Å². The number of halogens is 20. The Kier molecular flexibility index (Phi) is 12.0. The summed E-state index contributed by atoms with van der Waals surface area (Å²) in [7, 11) is 0. The average molecular weight is 861 g/mol. The molecule has 2 N–H and O–H groups in total. The van der Waals surface area contributed by atoms with Crippen molar-refractivity contribution in [3.63, 3.8) is 0 Å². The Hall–Kier alpha value is -4.50. The van der Waals surface area contributed by atoms with Crippen molar-refractivity contribution in [3.8, 4) is 0 Å². The monoisotopic (exact) mass is 861 g/mol. The first-order valence-corrected chi connectivity index (χ1v) is 16.9. The standard InChI is InChI=1S/C24BF20.C12H23N/c26-5-1(6(27)14(35)21(42)13(5)34)25(2-7(28)15(36)22(43)16(37)8(2)29,3-9(30)17(38)23(44)18(39)10(3)31)4-11(32)19(40)24(45)20(41)12(4)33;1-11(7-3-4-8-11)13-12(2)9-5-6-10-12/h;13H,3-10H2,1-2H3/q-1;/p+1. The summed E-state index contributed by atoms with van der Waals surface area (Å²) in [4.78, 5) is 0. The van der Waals surface area contributed by atoms with E-state index in [9.17, 15) is 52.7 Å². The number of quaternary nitrogens is 1. The van der Waals surface area contributed by atoms with Crippen LogP contribution >= 0.6 is 0 Å². The molecule has 2 aliphatic rings. The highest BCUT2D eigenvalue weighted by atomic mass is 19.2. The Balaban J connectivity index is 0.000000414. The maximum absolute atomic E-state index is 15.4. The van der Waals surface area contributed by atoms with E-state index in [0.717, 1.165) is 0 Å². The van der Waals surface area contributed by atoms with E-state index in [2.05, 4.69) is 19.2 Å². The summed E-state index contributed by atoms with van der Waals surface area (Å²) in [6.45, 7) is 4.95. The van der Waals surface area contributed by atoms with Crippen LogP contribution < -0.4 is 27.2 Å². The van der Waals surface area contributed by atoms with Crippen molar-refractivity contribution in [2.24, 2.45) is 0 Å². The van der Waals surface area contributed by atoms with Gasteiger partial charge in [-0.3, -0.25) is 0 Å². The van der Waals surface area contributed by atoms with E-state index < -0.39 is 144 Å². The smallest absolute Gasteiger partial charge is 0.200 e. The lowest BCUT2D eigenvalue weighted by molar-refractivity contribution is -0.782. The maximum atomic E-state index is 15.4. The van der Waals surface area contributed by atoms with Gasteiger partial charge in [-0.05, 0) is 39.5 Å². The zero-order valence-electron chi connectivity index (χ0n) is 29.4. The summed E-state index contributed by atoms with van der Waals surface area (Å²) in [5.74, 6) is -71.4. The van der Waals surface area contributed by atoms with Crippen molar-refractivity contribution in [3.05, 3.63) is 116 Å². The normalized spacial score (nSPS) is 16.2. The Morgan fingerprint density at radius 1 is 0.276 bits per heavy atom. The molecule has 22 heteroatoms. The van der Waals surface area contributed by atoms with E-state index in [1.165, 1.54) is 51.4 Å². The zero-order valence-corrected chi connectivity index (χ0v) is 29.4. The van der Waals surface area contributed by atoms with Gasteiger partial charge in [-0.2, -0.15) is 0 Å². The van der Waals surface area contributed by atoms with Crippen molar-refractivity contribution < 1.29 is 93.1 Å². The van der Waals surface area contributed by atoms with E-state index in [1.54, 1.807) is 0 Å². The van der Waals surface area contributed by atoms with Crippen LogP contribution in [0.2, 0.25) is 0 Å². The molecule has 6 rings (SSSR count). The zero-order chi connectivity index (χ0) is 43.7. The fraction of sp³-hybridized carbons (Fsp3) is 0.333. The lowest BCUT2D eigenvalue weighted by Crippen LogP contribution is -3.04. The van der Waals surface area contributed by atoms with Crippen LogP contribution in [0.1, 0.15) is 65.2 Å². The minimum absolute atomic E-state index is 0.596. The highest BCUT2D eigenvalue weighted by Crippen LogP contribution is 2.32. The van der Waals surface area contributed by atoms with E-state index in [-0.39, 0.29) is 0 Å². The molecule has 316 valence electrons. The van der Waals surface area contributed by atoms with Gasteiger partial charge in [0.2, 0.25) is 0 Å². The summed E-state index contributed by atoms with van der Waals surface area (Å²) in [6, 6.07) is 0. The molecule has 0 unspecified atom stereocenters. The molecule has 0 saturated heterocycles. The lowest BCUT2D eigenvalue weighted by atomic mass is 9.12. The number of hydrogen-bond donors (Lipinski definition) is 1. The fourth-order valence-corrected chi connectivity index (χ4v) is 8.37. The molecule has 58 heavy (non-hydrogen) atoms. The first-order chi connectivity index (χ1) is 26.8. The second-order valence-electron chi connectivity index (χ2n) is 14.7. The molecule has 2 saturated carbocycles. The molecule has 2 fully saturated rings. The van der Waals surface area contributed by atoms with Gasteiger partial charge in [-0.25, -0.2) is 87.8 Å². The van der Waals surface area contributed by atoms with Crippen LogP contribution in [0.5, 0.6) is 0 Å². The molecule has 2 aliphatic carbocycles. The van der Waals surface area contributed by atoms with Gasteiger partial charge in [-0.1, -0.05) is 0 Å². The third kappa shape index (κ3) is 6.75. The van der Waals surface area contributed by atoms with Crippen LogP contribution in [-0.4, -0.2) is 17.2 Å². The van der Waals surface area contributed by atoms with Crippen molar-refractivity contribution in [1.82, 2.24) is 0 Å². The van der Waals surface area contributed by atoms with Crippen molar-refractivity contribution in [1.29, 1.82) is 0 Å². The molecule has 0 aliphatic heterocycles. The van der Waals surface area contributed by atoms with Crippen LogP contribution in [0, 0.1) is 116 Å². The lowest BCUT2D eigenvalue weighted by Gasteiger charge is -2.44. The van der Waals surface area contributed by atoms with Gasteiger partial charge in [-0.15, -0.1) is 21.9 Å². The van der Waals surface area contributed by atoms with Gasteiger partial charge in [0, 0.05) is 25.7 Å². The average Bonchev–Trinajstić information content (AvgIpc) is 3.81. The predicted molar refractivity (Wildman–Crippen MR) is 165 cm³/mol. The first kappa shape index (κ1) is 44.6. The van der Waals surface area contributed by atoms with Gasteiger partial charge >= 0.3 is 0 Å². The van der Waals surface area contributed by atoms with E-state index in [0.29, 0.717) is 11.1 Å². The van der Waals surface area contributed by atoms with E-state index in [1.807, 2.05) is 0 Å². The van der Waals surface area contributed by atoms with Gasteiger partial charge in [0.15, 0.2) is 69.8 Å². The van der Waals surface area contributed by atoms with Crippen LogP contribution in [0.3, 0.4) is 0 Å². The third-order valence-electron chi connectivity index (χ3n) is 10.9. The molecule has 4 aromatic carbocycles. The Morgan fingerprint density at radius 3 is 0.569 bits per heavy atom. The van der Waals surface area contributed by atoms with Crippen LogP contribution in [-0.2, 0) is 0 Å². The minimum atomic E-state index is -7.22. The molecular formula is C36H24BF20N. The van der Waals surface area contributed by atoms with Crippen molar-refractivity contribution in [2.45, 2.75) is 76.3 Å². The van der Waals surface area contributed by atoms with Gasteiger partial charge in [0.25, 0.3) is 0 Å². The van der Waals surface area contributed by atoms with Crippen LogP contribution in [0.25, 0.3) is 0 Å². The maximum Gasteiger partial charge on any atom is 0.200 e. The van der Waals surface area contributed by atoms with Crippen LogP contribution in [0.4, 0.5) is 87.8 Å². The molecule has 0 amide bonds. The second kappa shape index (κ2) is 15.6. The Labute approximate surface area is 313 Å². The summed E-state index contributed by atoms with van der Waals surface area (Å²) < 4.78 is 294. The second-order valence-corrected chi connectivity index (χ2v) is 14.7. The SMILES string of the molecule is CC1([NH2+]C2(C)CCCC2)CCCC1.Fc1c(F)c(F)c([B-](c2c(F)c(F)c(F)c(F)c2F)(c2c(F)c(F)c(F)c(F)c2F)c2c(F)c(F)c(F)c(F)c2F)c(F)c1F. The predicted octanol–water partition coefficient (Wildman–Crippen LogP) is 8.06. The highest BCUT2D eigenvalue weighted by Gasteiger charge is 2.52. The third-order valence-corrected chi connectivity index (χ3v) is 10.9. The molecule has 4 aromatic rings. The number of nitrogens with two attached hydrogens (primary N) is 1. The molecule has 0 spiro atoms. The molecule has 0 radical (unpaired) electrons. The molecule has 0 heterocycles. The first-order valence-electron chi connectivity index (χ1n) is 16.9. The van der Waals surface area contributed by atoms with Gasteiger partial charge in [0.05, 0.1) is 11.1 Å². The summed E-state index contributed by atoms with van der Waals surface area (Å²) in [6.07, 6.45) is 4.42. The Bertz CT molecular complexity index is 1910.